The van der Waals surface area contributed by atoms with E-state index in [0.29, 0.717) is 0 Å². The normalized spacial score (nSPS) is 11.3. The Morgan fingerprint density at radius 3 is 2.54 bits per heavy atom. The molecule has 2 aromatic carbocycles. The maximum absolute atomic E-state index is 4.31. The van der Waals surface area contributed by atoms with Crippen LogP contribution in [0, 0.1) is 0 Å². The van der Waals surface area contributed by atoms with Crippen molar-refractivity contribution in [2.45, 2.75) is 13.0 Å². The van der Waals surface area contributed by atoms with Crippen molar-refractivity contribution in [2.24, 2.45) is 4.99 Å². The lowest BCUT2D eigenvalue weighted by Gasteiger charge is -2.15. The van der Waals surface area contributed by atoms with E-state index in [-0.39, 0.29) is 0 Å². The van der Waals surface area contributed by atoms with Crippen LogP contribution in [0.4, 0.5) is 5.69 Å². The standard InChI is InChI=1S/C22H28N6/c1-23-22(25-17-19-6-4-7-21(16-19)27(2)3)24-14-12-18-8-10-20(11-9-18)28-15-5-13-26-28/h4-11,13,15-16H,12,14,17H2,1-3H3,(H2,23,24,25). The van der Waals surface area contributed by atoms with Gasteiger partial charge in [0.1, 0.15) is 0 Å². The number of anilines is 1. The summed E-state index contributed by atoms with van der Waals surface area (Å²) in [4.78, 5) is 6.42. The molecule has 1 aromatic heterocycles. The quantitative estimate of drug-likeness (QED) is 0.492. The summed E-state index contributed by atoms with van der Waals surface area (Å²) in [6.07, 6.45) is 4.66. The lowest BCUT2D eigenvalue weighted by atomic mass is 10.1. The zero-order valence-corrected chi connectivity index (χ0v) is 16.8. The molecule has 0 saturated heterocycles. The summed E-state index contributed by atoms with van der Waals surface area (Å²) in [7, 11) is 5.90. The Bertz CT molecular complexity index is 882. The third-order valence-electron chi connectivity index (χ3n) is 4.52. The fraction of sp³-hybridized carbons (Fsp3) is 0.273. The van der Waals surface area contributed by atoms with Crippen LogP contribution >= 0.6 is 0 Å². The summed E-state index contributed by atoms with van der Waals surface area (Å²) >= 11 is 0. The third-order valence-corrected chi connectivity index (χ3v) is 4.52. The van der Waals surface area contributed by atoms with Crippen molar-refractivity contribution in [1.82, 2.24) is 20.4 Å². The van der Waals surface area contributed by atoms with Crippen molar-refractivity contribution < 1.29 is 0 Å². The molecule has 0 unspecified atom stereocenters. The molecule has 0 amide bonds. The minimum Gasteiger partial charge on any atom is -0.378 e. The maximum Gasteiger partial charge on any atom is 0.191 e. The second-order valence-electron chi connectivity index (χ2n) is 6.78. The van der Waals surface area contributed by atoms with Gasteiger partial charge < -0.3 is 15.5 Å². The molecule has 0 atom stereocenters. The molecule has 0 bridgehead atoms. The van der Waals surface area contributed by atoms with Gasteiger partial charge in [-0.2, -0.15) is 5.10 Å². The molecule has 0 radical (unpaired) electrons. The molecular weight excluding hydrogens is 348 g/mol. The van der Waals surface area contributed by atoms with Crippen LogP contribution in [-0.4, -0.2) is 43.4 Å². The first-order valence-corrected chi connectivity index (χ1v) is 9.45. The van der Waals surface area contributed by atoms with Crippen LogP contribution in [0.5, 0.6) is 0 Å². The van der Waals surface area contributed by atoms with Gasteiger partial charge in [0.2, 0.25) is 0 Å². The summed E-state index contributed by atoms with van der Waals surface area (Å²) in [5.74, 6) is 0.809. The Balaban J connectivity index is 1.46. The lowest BCUT2D eigenvalue weighted by Crippen LogP contribution is -2.37. The fourth-order valence-corrected chi connectivity index (χ4v) is 2.91. The van der Waals surface area contributed by atoms with E-state index in [2.05, 4.69) is 88.3 Å². The molecule has 3 rings (SSSR count). The number of hydrogen-bond acceptors (Lipinski definition) is 3. The van der Waals surface area contributed by atoms with Crippen LogP contribution in [-0.2, 0) is 13.0 Å². The summed E-state index contributed by atoms with van der Waals surface area (Å²) in [6, 6.07) is 18.9. The molecule has 0 fully saturated rings. The van der Waals surface area contributed by atoms with Crippen molar-refractivity contribution in [3.63, 3.8) is 0 Å². The van der Waals surface area contributed by atoms with E-state index in [9.17, 15) is 0 Å². The van der Waals surface area contributed by atoms with E-state index in [1.165, 1.54) is 16.8 Å². The zero-order valence-electron chi connectivity index (χ0n) is 16.8. The number of nitrogens with zero attached hydrogens (tertiary/aromatic N) is 4. The summed E-state index contributed by atoms with van der Waals surface area (Å²) in [5, 5.41) is 11.0. The highest BCUT2D eigenvalue weighted by molar-refractivity contribution is 5.79. The van der Waals surface area contributed by atoms with Gasteiger partial charge in [0.05, 0.1) is 5.69 Å². The summed E-state index contributed by atoms with van der Waals surface area (Å²) < 4.78 is 1.86. The first kappa shape index (κ1) is 19.5. The summed E-state index contributed by atoms with van der Waals surface area (Å²) in [5.41, 5.74) is 4.76. The number of hydrogen-bond donors (Lipinski definition) is 2. The van der Waals surface area contributed by atoms with Gasteiger partial charge in [-0.1, -0.05) is 24.3 Å². The Kier molecular flexibility index (Phi) is 6.68. The van der Waals surface area contributed by atoms with Crippen LogP contribution in [0.15, 0.2) is 72.0 Å². The van der Waals surface area contributed by atoms with Gasteiger partial charge in [0.25, 0.3) is 0 Å². The van der Waals surface area contributed by atoms with Crippen LogP contribution in [0.3, 0.4) is 0 Å². The van der Waals surface area contributed by atoms with Gasteiger partial charge in [0.15, 0.2) is 5.96 Å². The fourth-order valence-electron chi connectivity index (χ4n) is 2.91. The summed E-state index contributed by atoms with van der Waals surface area (Å²) in [6.45, 7) is 1.55. The lowest BCUT2D eigenvalue weighted by molar-refractivity contribution is 0.794. The van der Waals surface area contributed by atoms with Gasteiger partial charge in [-0.25, -0.2) is 4.68 Å². The van der Waals surface area contributed by atoms with Crippen LogP contribution in [0.1, 0.15) is 11.1 Å². The molecule has 0 saturated carbocycles. The Hall–Kier alpha value is -3.28. The van der Waals surface area contributed by atoms with E-state index in [1.807, 2.05) is 16.9 Å². The van der Waals surface area contributed by atoms with E-state index in [4.69, 9.17) is 0 Å². The van der Waals surface area contributed by atoms with E-state index in [1.54, 1.807) is 13.2 Å². The Morgan fingerprint density at radius 2 is 1.86 bits per heavy atom. The van der Waals surface area contributed by atoms with Crippen LogP contribution in [0.25, 0.3) is 5.69 Å². The van der Waals surface area contributed by atoms with Gasteiger partial charge in [0, 0.05) is 52.3 Å². The number of nitrogens with one attached hydrogen (secondary N) is 2. The molecule has 146 valence electrons. The number of aromatic nitrogens is 2. The number of benzene rings is 2. The van der Waals surface area contributed by atoms with Crippen LogP contribution in [0.2, 0.25) is 0 Å². The largest absolute Gasteiger partial charge is 0.378 e. The minimum atomic E-state index is 0.736. The second kappa shape index (κ2) is 9.60. The van der Waals surface area contributed by atoms with E-state index >= 15 is 0 Å². The highest BCUT2D eigenvalue weighted by Gasteiger charge is 2.02. The molecule has 1 heterocycles. The van der Waals surface area contributed by atoms with Gasteiger partial charge in [-0.15, -0.1) is 0 Å². The monoisotopic (exact) mass is 376 g/mol. The predicted molar refractivity (Wildman–Crippen MR) is 116 cm³/mol. The molecule has 6 heteroatoms. The first-order valence-electron chi connectivity index (χ1n) is 9.45. The molecule has 0 aliphatic rings. The third kappa shape index (κ3) is 5.36. The zero-order chi connectivity index (χ0) is 19.8. The highest BCUT2D eigenvalue weighted by atomic mass is 15.3. The Labute approximate surface area is 166 Å². The van der Waals surface area contributed by atoms with Crippen molar-refractivity contribution in [3.05, 3.63) is 78.1 Å². The molecule has 0 aliphatic heterocycles. The number of guanidine groups is 1. The van der Waals surface area contributed by atoms with Crippen LogP contribution < -0.4 is 15.5 Å². The van der Waals surface area contributed by atoms with Crippen molar-refractivity contribution >= 4 is 11.6 Å². The predicted octanol–water partition coefficient (Wildman–Crippen LogP) is 2.85. The average Bonchev–Trinajstić information content (AvgIpc) is 3.26. The highest BCUT2D eigenvalue weighted by Crippen LogP contribution is 2.13. The topological polar surface area (TPSA) is 57.5 Å². The maximum atomic E-state index is 4.31. The molecule has 6 nitrogen and oxygen atoms in total. The van der Waals surface area contributed by atoms with Gasteiger partial charge in [-0.05, 0) is 47.9 Å². The molecule has 0 spiro atoms. The van der Waals surface area contributed by atoms with Gasteiger partial charge in [-0.3, -0.25) is 4.99 Å². The number of rotatable bonds is 7. The number of aliphatic imine (C=N–C) groups is 1. The molecule has 0 aliphatic carbocycles. The van der Waals surface area contributed by atoms with Crippen molar-refractivity contribution in [1.29, 1.82) is 0 Å². The van der Waals surface area contributed by atoms with Crippen molar-refractivity contribution in [3.8, 4) is 5.69 Å². The second-order valence-corrected chi connectivity index (χ2v) is 6.78. The molecule has 3 aromatic rings. The van der Waals surface area contributed by atoms with E-state index in [0.717, 1.165) is 31.2 Å². The van der Waals surface area contributed by atoms with Gasteiger partial charge >= 0.3 is 0 Å². The first-order chi connectivity index (χ1) is 13.7. The SMILES string of the molecule is CN=C(NCCc1ccc(-n2cccn2)cc1)NCc1cccc(N(C)C)c1. The average molecular weight is 377 g/mol. The smallest absolute Gasteiger partial charge is 0.191 e. The Morgan fingerprint density at radius 1 is 1.04 bits per heavy atom. The minimum absolute atomic E-state index is 0.736. The van der Waals surface area contributed by atoms with E-state index < -0.39 is 0 Å². The molecule has 28 heavy (non-hydrogen) atoms. The molecule has 2 N–H and O–H groups in total. The van der Waals surface area contributed by atoms with Crippen molar-refractivity contribution in [2.75, 3.05) is 32.6 Å². The molecular formula is C22H28N6.